The predicted octanol–water partition coefficient (Wildman–Crippen LogP) is 4.39. The molecular formula is C17H29NO. The molecule has 0 fully saturated rings. The van der Waals surface area contributed by atoms with E-state index in [2.05, 4.69) is 64.2 Å². The highest BCUT2D eigenvalue weighted by Gasteiger charge is 2.08. The highest BCUT2D eigenvalue weighted by atomic mass is 16.5. The molecule has 0 saturated carbocycles. The first-order chi connectivity index (χ1) is 8.90. The third-order valence-corrected chi connectivity index (χ3v) is 3.06. The van der Waals surface area contributed by atoms with Crippen LogP contribution >= 0.6 is 0 Å². The van der Waals surface area contributed by atoms with Crippen molar-refractivity contribution >= 4 is 0 Å². The van der Waals surface area contributed by atoms with Crippen LogP contribution in [-0.2, 0) is 6.54 Å². The minimum atomic E-state index is 0.157. The molecule has 1 atom stereocenters. The quantitative estimate of drug-likeness (QED) is 0.787. The Labute approximate surface area is 118 Å². The van der Waals surface area contributed by atoms with Gasteiger partial charge in [0.1, 0.15) is 5.75 Å². The molecule has 1 unspecified atom stereocenters. The lowest BCUT2D eigenvalue weighted by atomic mass is 10.1. The average Bonchev–Trinajstić information content (AvgIpc) is 2.34. The van der Waals surface area contributed by atoms with Crippen LogP contribution in [0.4, 0.5) is 0 Å². The molecule has 0 aliphatic carbocycles. The normalized spacial score (nSPS) is 13.3. The second-order valence-corrected chi connectivity index (χ2v) is 6.45. The van der Waals surface area contributed by atoms with Gasteiger partial charge in [0, 0.05) is 12.1 Å². The maximum atomic E-state index is 5.80. The van der Waals surface area contributed by atoms with Crippen molar-refractivity contribution in [3.8, 4) is 5.75 Å². The molecule has 1 rings (SSSR count). The van der Waals surface area contributed by atoms with Crippen molar-refractivity contribution in [1.29, 1.82) is 0 Å². The van der Waals surface area contributed by atoms with E-state index in [0.717, 1.165) is 18.9 Å². The molecule has 1 aromatic carbocycles. The van der Waals surface area contributed by atoms with E-state index in [0.29, 0.717) is 5.92 Å². The zero-order valence-corrected chi connectivity index (χ0v) is 13.1. The van der Waals surface area contributed by atoms with E-state index in [1.165, 1.54) is 18.4 Å². The fourth-order valence-corrected chi connectivity index (χ4v) is 1.89. The Morgan fingerprint density at radius 1 is 1.16 bits per heavy atom. The predicted molar refractivity (Wildman–Crippen MR) is 82.6 cm³/mol. The Kier molecular flexibility index (Phi) is 6.36. The largest absolute Gasteiger partial charge is 0.493 e. The van der Waals surface area contributed by atoms with Crippen molar-refractivity contribution in [2.24, 2.45) is 5.92 Å². The van der Waals surface area contributed by atoms with Crippen LogP contribution in [0.25, 0.3) is 0 Å². The van der Waals surface area contributed by atoms with Gasteiger partial charge < -0.3 is 10.1 Å². The van der Waals surface area contributed by atoms with E-state index in [9.17, 15) is 0 Å². The molecule has 0 radical (unpaired) electrons. The second kappa shape index (κ2) is 7.54. The first-order valence-corrected chi connectivity index (χ1v) is 7.37. The molecule has 2 heteroatoms. The molecule has 19 heavy (non-hydrogen) atoms. The molecule has 0 spiro atoms. The van der Waals surface area contributed by atoms with Crippen molar-refractivity contribution in [2.75, 3.05) is 6.61 Å². The van der Waals surface area contributed by atoms with Crippen molar-refractivity contribution in [3.63, 3.8) is 0 Å². The van der Waals surface area contributed by atoms with Crippen LogP contribution in [-0.4, -0.2) is 12.1 Å². The highest BCUT2D eigenvalue weighted by Crippen LogP contribution is 2.15. The van der Waals surface area contributed by atoms with Gasteiger partial charge in [-0.3, -0.25) is 0 Å². The lowest BCUT2D eigenvalue weighted by molar-refractivity contribution is 0.251. The molecular weight excluding hydrogens is 234 g/mol. The van der Waals surface area contributed by atoms with Gasteiger partial charge in [0.05, 0.1) is 6.61 Å². The maximum absolute atomic E-state index is 5.80. The van der Waals surface area contributed by atoms with Gasteiger partial charge in [-0.25, -0.2) is 0 Å². The molecule has 108 valence electrons. The highest BCUT2D eigenvalue weighted by molar-refractivity contribution is 5.27. The Morgan fingerprint density at radius 2 is 1.79 bits per heavy atom. The number of nitrogens with one attached hydrogen (secondary N) is 1. The van der Waals surface area contributed by atoms with E-state index in [1.54, 1.807) is 0 Å². The summed E-state index contributed by atoms with van der Waals surface area (Å²) in [5.41, 5.74) is 1.45. The van der Waals surface area contributed by atoms with Gasteiger partial charge >= 0.3 is 0 Å². The summed E-state index contributed by atoms with van der Waals surface area (Å²) >= 11 is 0. The topological polar surface area (TPSA) is 21.3 Å². The minimum absolute atomic E-state index is 0.157. The standard InChI is InChI=1S/C17H29NO/c1-6-7-14(2)13-19-16-10-8-15(9-11-16)12-18-17(3,4)5/h8-11,14,18H,6-7,12-13H2,1-5H3. The lowest BCUT2D eigenvalue weighted by Crippen LogP contribution is -2.35. The monoisotopic (exact) mass is 263 g/mol. The molecule has 0 aliphatic rings. The van der Waals surface area contributed by atoms with E-state index >= 15 is 0 Å². The lowest BCUT2D eigenvalue weighted by Gasteiger charge is -2.20. The van der Waals surface area contributed by atoms with E-state index in [4.69, 9.17) is 4.74 Å². The van der Waals surface area contributed by atoms with E-state index in [-0.39, 0.29) is 5.54 Å². The summed E-state index contributed by atoms with van der Waals surface area (Å²) in [6, 6.07) is 8.41. The molecule has 0 heterocycles. The van der Waals surface area contributed by atoms with Gasteiger partial charge in [-0.2, -0.15) is 0 Å². The van der Waals surface area contributed by atoms with Gasteiger partial charge in [0.15, 0.2) is 0 Å². The van der Waals surface area contributed by atoms with Crippen LogP contribution in [0.1, 0.15) is 53.0 Å². The molecule has 0 amide bonds. The van der Waals surface area contributed by atoms with Crippen LogP contribution < -0.4 is 10.1 Å². The summed E-state index contributed by atoms with van der Waals surface area (Å²) < 4.78 is 5.80. The zero-order valence-electron chi connectivity index (χ0n) is 13.1. The van der Waals surface area contributed by atoms with Gasteiger partial charge in [0.25, 0.3) is 0 Å². The van der Waals surface area contributed by atoms with Crippen molar-refractivity contribution in [2.45, 2.75) is 59.5 Å². The molecule has 0 aliphatic heterocycles. The summed E-state index contributed by atoms with van der Waals surface area (Å²) in [5, 5.41) is 3.48. The van der Waals surface area contributed by atoms with Crippen LogP contribution in [0.3, 0.4) is 0 Å². The Morgan fingerprint density at radius 3 is 2.32 bits per heavy atom. The van der Waals surface area contributed by atoms with Crippen molar-refractivity contribution in [1.82, 2.24) is 5.32 Å². The summed E-state index contributed by atoms with van der Waals surface area (Å²) in [4.78, 5) is 0. The summed E-state index contributed by atoms with van der Waals surface area (Å²) in [7, 11) is 0. The number of benzene rings is 1. The third-order valence-electron chi connectivity index (χ3n) is 3.06. The SMILES string of the molecule is CCCC(C)COc1ccc(CNC(C)(C)C)cc1. The van der Waals surface area contributed by atoms with Crippen LogP contribution in [0, 0.1) is 5.92 Å². The molecule has 1 aromatic rings. The van der Waals surface area contributed by atoms with E-state index in [1.807, 2.05) is 0 Å². The second-order valence-electron chi connectivity index (χ2n) is 6.45. The third kappa shape index (κ3) is 7.22. The Bertz CT molecular complexity index is 351. The first kappa shape index (κ1) is 16.0. The maximum Gasteiger partial charge on any atom is 0.119 e. The average molecular weight is 263 g/mol. The first-order valence-electron chi connectivity index (χ1n) is 7.37. The molecule has 1 N–H and O–H groups in total. The summed E-state index contributed by atoms with van der Waals surface area (Å²) in [6.07, 6.45) is 2.45. The Hall–Kier alpha value is -1.02. The fourth-order valence-electron chi connectivity index (χ4n) is 1.89. The van der Waals surface area contributed by atoms with Crippen molar-refractivity contribution < 1.29 is 4.74 Å². The molecule has 0 saturated heterocycles. The van der Waals surface area contributed by atoms with Crippen LogP contribution in [0.2, 0.25) is 0 Å². The van der Waals surface area contributed by atoms with Gasteiger partial charge in [-0.1, -0.05) is 32.4 Å². The zero-order chi connectivity index (χ0) is 14.3. The van der Waals surface area contributed by atoms with Crippen molar-refractivity contribution in [3.05, 3.63) is 29.8 Å². The summed E-state index contributed by atoms with van der Waals surface area (Å²) in [6.45, 7) is 12.7. The number of hydrogen-bond acceptors (Lipinski definition) is 2. The number of rotatable bonds is 7. The molecule has 0 bridgehead atoms. The van der Waals surface area contributed by atoms with Crippen LogP contribution in [0.15, 0.2) is 24.3 Å². The fraction of sp³-hybridized carbons (Fsp3) is 0.647. The smallest absolute Gasteiger partial charge is 0.119 e. The van der Waals surface area contributed by atoms with Crippen LogP contribution in [0.5, 0.6) is 5.75 Å². The summed E-state index contributed by atoms with van der Waals surface area (Å²) in [5.74, 6) is 1.61. The molecule has 0 aromatic heterocycles. The van der Waals surface area contributed by atoms with E-state index < -0.39 is 0 Å². The van der Waals surface area contributed by atoms with Gasteiger partial charge in [-0.15, -0.1) is 0 Å². The Balaban J connectivity index is 2.39. The minimum Gasteiger partial charge on any atom is -0.493 e. The number of ether oxygens (including phenoxy) is 1. The van der Waals surface area contributed by atoms with Gasteiger partial charge in [-0.05, 0) is 50.8 Å². The van der Waals surface area contributed by atoms with Gasteiger partial charge in [0.2, 0.25) is 0 Å². The molecule has 2 nitrogen and oxygen atoms in total. The number of hydrogen-bond donors (Lipinski definition) is 1.